The van der Waals surface area contributed by atoms with Gasteiger partial charge in [-0.1, -0.05) is 0 Å². The van der Waals surface area contributed by atoms with Crippen LogP contribution in [0.5, 0.6) is 0 Å². The summed E-state index contributed by atoms with van der Waals surface area (Å²) in [5.74, 6) is 0.204. The number of aliphatic carboxylic acids is 1. The molecule has 2 heterocycles. The lowest BCUT2D eigenvalue weighted by molar-refractivity contribution is -0.138. The number of thiophene rings is 1. The molecule has 1 atom stereocenters. The van der Waals surface area contributed by atoms with E-state index in [0.29, 0.717) is 22.2 Å². The first-order valence-electron chi connectivity index (χ1n) is 6.45. The number of thioether (sulfide) groups is 1. The summed E-state index contributed by atoms with van der Waals surface area (Å²) in [4.78, 5) is 36.6. The molecular weight excluding hydrogens is 312 g/mol. The van der Waals surface area contributed by atoms with Crippen LogP contribution < -0.4 is 5.32 Å². The molecule has 1 fully saturated rings. The lowest BCUT2D eigenvalue weighted by Crippen LogP contribution is -2.46. The maximum absolute atomic E-state index is 12.5. The topological polar surface area (TPSA) is 86.7 Å². The number of rotatable bonds is 4. The van der Waals surface area contributed by atoms with Gasteiger partial charge in [-0.2, -0.15) is 11.8 Å². The van der Waals surface area contributed by atoms with Gasteiger partial charge >= 0.3 is 5.97 Å². The second kappa shape index (κ2) is 6.95. The molecule has 2 amide bonds. The Labute approximate surface area is 130 Å². The predicted molar refractivity (Wildman–Crippen MR) is 83.0 cm³/mol. The lowest BCUT2D eigenvalue weighted by Gasteiger charge is -2.34. The molecule has 1 aromatic heterocycles. The van der Waals surface area contributed by atoms with E-state index >= 15 is 0 Å². The van der Waals surface area contributed by atoms with E-state index in [9.17, 15) is 14.4 Å². The van der Waals surface area contributed by atoms with Crippen LogP contribution in [0.1, 0.15) is 23.0 Å². The second-order valence-electron chi connectivity index (χ2n) is 4.67. The van der Waals surface area contributed by atoms with Gasteiger partial charge in [0.15, 0.2) is 0 Å². The standard InChI is InChI=1S/C13H16N2O4S2/c1-8(16)14-11-3-2-10(21-11)13(19)15-4-5-20-7-9(15)6-12(17)18/h2-3,9H,4-7H2,1H3,(H,14,16)(H,17,18). The van der Waals surface area contributed by atoms with Gasteiger partial charge in [0, 0.05) is 25.0 Å². The van der Waals surface area contributed by atoms with E-state index in [1.54, 1.807) is 28.8 Å². The highest BCUT2D eigenvalue weighted by molar-refractivity contribution is 7.99. The van der Waals surface area contributed by atoms with Crippen LogP contribution in [0.25, 0.3) is 0 Å². The predicted octanol–water partition coefficient (Wildman–Crippen LogP) is 1.74. The number of carboxylic acid groups (broad SMARTS) is 1. The van der Waals surface area contributed by atoms with E-state index in [-0.39, 0.29) is 24.3 Å². The van der Waals surface area contributed by atoms with Crippen molar-refractivity contribution < 1.29 is 19.5 Å². The summed E-state index contributed by atoms with van der Waals surface area (Å²) < 4.78 is 0. The van der Waals surface area contributed by atoms with Crippen LogP contribution in [0.3, 0.4) is 0 Å². The third kappa shape index (κ3) is 4.21. The van der Waals surface area contributed by atoms with Crippen molar-refractivity contribution in [2.45, 2.75) is 19.4 Å². The Morgan fingerprint density at radius 3 is 2.86 bits per heavy atom. The minimum absolute atomic E-state index is 0.0390. The van der Waals surface area contributed by atoms with Crippen molar-refractivity contribution in [2.75, 3.05) is 23.4 Å². The number of anilines is 1. The Kier molecular flexibility index (Phi) is 5.24. The van der Waals surface area contributed by atoms with Gasteiger partial charge in [0.2, 0.25) is 5.91 Å². The minimum atomic E-state index is -0.898. The summed E-state index contributed by atoms with van der Waals surface area (Å²) in [6.45, 7) is 1.96. The SMILES string of the molecule is CC(=O)Nc1ccc(C(=O)N2CCSCC2CC(=O)O)s1. The fraction of sp³-hybridized carbons (Fsp3) is 0.462. The molecule has 1 aromatic rings. The van der Waals surface area contributed by atoms with Gasteiger partial charge in [-0.15, -0.1) is 11.3 Å². The van der Waals surface area contributed by atoms with Crippen molar-refractivity contribution in [1.29, 1.82) is 0 Å². The number of carboxylic acids is 1. The number of hydrogen-bond donors (Lipinski definition) is 2. The van der Waals surface area contributed by atoms with Crippen LogP contribution in [0, 0.1) is 0 Å². The van der Waals surface area contributed by atoms with Gasteiger partial charge in [0.1, 0.15) is 0 Å². The summed E-state index contributed by atoms with van der Waals surface area (Å²) in [5, 5.41) is 12.2. The van der Waals surface area contributed by atoms with Crippen LogP contribution >= 0.6 is 23.1 Å². The fourth-order valence-electron chi connectivity index (χ4n) is 2.13. The van der Waals surface area contributed by atoms with Crippen LogP contribution in [0.4, 0.5) is 5.00 Å². The molecule has 114 valence electrons. The van der Waals surface area contributed by atoms with Crippen molar-refractivity contribution in [2.24, 2.45) is 0 Å². The van der Waals surface area contributed by atoms with Gasteiger partial charge in [-0.25, -0.2) is 0 Å². The number of carbonyl (C=O) groups is 3. The molecule has 0 aromatic carbocycles. The van der Waals surface area contributed by atoms with Gasteiger partial charge < -0.3 is 15.3 Å². The summed E-state index contributed by atoms with van der Waals surface area (Å²) in [5.41, 5.74) is 0. The quantitative estimate of drug-likeness (QED) is 0.879. The number of nitrogens with zero attached hydrogens (tertiary/aromatic N) is 1. The molecule has 6 nitrogen and oxygen atoms in total. The zero-order valence-corrected chi connectivity index (χ0v) is 13.1. The largest absolute Gasteiger partial charge is 0.481 e. The Bertz CT molecular complexity index is 558. The molecule has 0 bridgehead atoms. The van der Waals surface area contributed by atoms with E-state index in [0.717, 1.165) is 5.75 Å². The smallest absolute Gasteiger partial charge is 0.305 e. The molecule has 0 saturated carbocycles. The average molecular weight is 328 g/mol. The third-order valence-corrected chi connectivity index (χ3v) is 5.10. The first-order valence-corrected chi connectivity index (χ1v) is 8.42. The highest BCUT2D eigenvalue weighted by Gasteiger charge is 2.30. The van der Waals surface area contributed by atoms with E-state index in [1.807, 2.05) is 0 Å². The van der Waals surface area contributed by atoms with Gasteiger partial charge in [0.25, 0.3) is 5.91 Å². The zero-order valence-electron chi connectivity index (χ0n) is 11.5. The van der Waals surface area contributed by atoms with E-state index in [4.69, 9.17) is 5.11 Å². The highest BCUT2D eigenvalue weighted by atomic mass is 32.2. The van der Waals surface area contributed by atoms with Gasteiger partial charge in [-0.3, -0.25) is 14.4 Å². The van der Waals surface area contributed by atoms with Crippen LogP contribution in [0.2, 0.25) is 0 Å². The zero-order chi connectivity index (χ0) is 15.4. The summed E-state index contributed by atoms with van der Waals surface area (Å²) in [7, 11) is 0. The summed E-state index contributed by atoms with van der Waals surface area (Å²) in [6.07, 6.45) is -0.0390. The molecule has 1 saturated heterocycles. The second-order valence-corrected chi connectivity index (χ2v) is 6.90. The molecule has 1 unspecified atom stereocenters. The van der Waals surface area contributed by atoms with Crippen molar-refractivity contribution >= 4 is 45.9 Å². The van der Waals surface area contributed by atoms with Crippen molar-refractivity contribution in [3.63, 3.8) is 0 Å². The lowest BCUT2D eigenvalue weighted by atomic mass is 10.2. The molecule has 1 aliphatic rings. The first kappa shape index (κ1) is 15.8. The van der Waals surface area contributed by atoms with Crippen LogP contribution in [-0.4, -0.2) is 51.9 Å². The van der Waals surface area contributed by atoms with E-state index in [1.165, 1.54) is 18.3 Å². The number of nitrogens with one attached hydrogen (secondary N) is 1. The third-order valence-electron chi connectivity index (χ3n) is 3.01. The van der Waals surface area contributed by atoms with Crippen LogP contribution in [-0.2, 0) is 9.59 Å². The monoisotopic (exact) mass is 328 g/mol. The van der Waals surface area contributed by atoms with Crippen molar-refractivity contribution in [1.82, 2.24) is 4.90 Å². The fourth-order valence-corrected chi connectivity index (χ4v) is 4.10. The Hall–Kier alpha value is -1.54. The maximum atomic E-state index is 12.5. The molecule has 0 aliphatic carbocycles. The molecule has 0 radical (unpaired) electrons. The average Bonchev–Trinajstić information content (AvgIpc) is 2.85. The molecule has 2 rings (SSSR count). The van der Waals surface area contributed by atoms with Crippen LogP contribution in [0.15, 0.2) is 12.1 Å². The molecule has 21 heavy (non-hydrogen) atoms. The number of amides is 2. The van der Waals surface area contributed by atoms with E-state index < -0.39 is 5.97 Å². The highest BCUT2D eigenvalue weighted by Crippen LogP contribution is 2.27. The van der Waals surface area contributed by atoms with Crippen molar-refractivity contribution in [3.8, 4) is 0 Å². The molecule has 1 aliphatic heterocycles. The molecule has 2 N–H and O–H groups in total. The maximum Gasteiger partial charge on any atom is 0.305 e. The number of hydrogen-bond acceptors (Lipinski definition) is 5. The van der Waals surface area contributed by atoms with E-state index in [2.05, 4.69) is 5.32 Å². The summed E-state index contributed by atoms with van der Waals surface area (Å²) in [6, 6.07) is 3.07. The normalized spacial score (nSPS) is 18.3. The Morgan fingerprint density at radius 2 is 2.19 bits per heavy atom. The first-order chi connectivity index (χ1) is 9.97. The molecule has 0 spiro atoms. The molecule has 8 heteroatoms. The Balaban J connectivity index is 2.10. The number of carbonyl (C=O) groups excluding carboxylic acids is 2. The molecular formula is C13H16N2O4S2. The van der Waals surface area contributed by atoms with Crippen molar-refractivity contribution in [3.05, 3.63) is 17.0 Å². The summed E-state index contributed by atoms with van der Waals surface area (Å²) >= 11 is 2.87. The Morgan fingerprint density at radius 1 is 1.43 bits per heavy atom. The minimum Gasteiger partial charge on any atom is -0.481 e. The van der Waals surface area contributed by atoms with Gasteiger partial charge in [0.05, 0.1) is 22.3 Å². The van der Waals surface area contributed by atoms with Gasteiger partial charge in [-0.05, 0) is 12.1 Å².